The smallest absolute Gasteiger partial charge is 0.228 e. The summed E-state index contributed by atoms with van der Waals surface area (Å²) in [6, 6.07) is 1.92. The maximum Gasteiger partial charge on any atom is 0.228 e. The summed E-state index contributed by atoms with van der Waals surface area (Å²) >= 11 is 1.63. The molecule has 7 heteroatoms. The Morgan fingerprint density at radius 2 is 2.27 bits per heavy atom. The van der Waals surface area contributed by atoms with E-state index in [0.29, 0.717) is 11.5 Å². The lowest BCUT2D eigenvalue weighted by Crippen LogP contribution is -2.35. The largest absolute Gasteiger partial charge is 0.347 e. The van der Waals surface area contributed by atoms with Crippen LogP contribution in [0.25, 0.3) is 10.2 Å². The summed E-state index contributed by atoms with van der Waals surface area (Å²) in [5.41, 5.74) is 1.56. The number of hydrogen-bond acceptors (Lipinski definition) is 5. The fourth-order valence-electron chi connectivity index (χ4n) is 2.82. The molecule has 0 radical (unpaired) electrons. The summed E-state index contributed by atoms with van der Waals surface area (Å²) in [6.07, 6.45) is 6.19. The Bertz CT molecular complexity index is 715. The highest BCUT2D eigenvalue weighted by Gasteiger charge is 2.30. The molecule has 22 heavy (non-hydrogen) atoms. The first kappa shape index (κ1) is 14.3. The predicted molar refractivity (Wildman–Crippen MR) is 93.7 cm³/mol. The van der Waals surface area contributed by atoms with Crippen LogP contribution in [0.5, 0.6) is 0 Å². The van der Waals surface area contributed by atoms with E-state index in [9.17, 15) is 4.79 Å². The van der Waals surface area contributed by atoms with E-state index in [-0.39, 0.29) is 11.8 Å². The number of piperidine rings is 1. The zero-order valence-electron chi connectivity index (χ0n) is 12.3. The third-order valence-electron chi connectivity index (χ3n) is 4.21. The Kier molecular flexibility index (Phi) is 3.74. The molecule has 0 bridgehead atoms. The average Bonchev–Trinajstić information content (AvgIpc) is 3.26. The van der Waals surface area contributed by atoms with Gasteiger partial charge in [-0.1, -0.05) is 11.3 Å². The maximum absolute atomic E-state index is 12.0. The Balaban J connectivity index is 1.63. The van der Waals surface area contributed by atoms with Crippen molar-refractivity contribution in [2.75, 3.05) is 23.3 Å². The van der Waals surface area contributed by atoms with E-state index < -0.39 is 0 Å². The van der Waals surface area contributed by atoms with Crippen molar-refractivity contribution < 1.29 is 4.79 Å². The first-order chi connectivity index (χ1) is 10.7. The summed E-state index contributed by atoms with van der Waals surface area (Å²) in [7, 11) is 2.92. The molecular formula is C15H19N4OPS. The molecule has 116 valence electrons. The molecule has 1 saturated carbocycles. The highest BCUT2D eigenvalue weighted by molar-refractivity contribution is 7.22. The highest BCUT2D eigenvalue weighted by Crippen LogP contribution is 2.36. The van der Waals surface area contributed by atoms with Crippen LogP contribution in [0.15, 0.2) is 12.3 Å². The van der Waals surface area contributed by atoms with Crippen LogP contribution in [0.2, 0.25) is 0 Å². The number of nitrogens with one attached hydrogen (secondary N) is 1. The molecule has 1 aliphatic carbocycles. The van der Waals surface area contributed by atoms with Crippen molar-refractivity contribution >= 4 is 47.6 Å². The number of amides is 1. The lowest BCUT2D eigenvalue weighted by atomic mass is 10.1. The third-order valence-corrected chi connectivity index (χ3v) is 5.89. The number of carbonyl (C=O) groups is 1. The SMILES string of the molecule is O=C(Nc1nccc2nc(N3CCC[C@H](P)C3)sc12)C1CC1. The van der Waals surface area contributed by atoms with E-state index >= 15 is 0 Å². The zero-order valence-corrected chi connectivity index (χ0v) is 14.3. The van der Waals surface area contributed by atoms with E-state index in [4.69, 9.17) is 4.98 Å². The number of rotatable bonds is 3. The molecule has 2 fully saturated rings. The predicted octanol–water partition coefficient (Wildman–Crippen LogP) is 2.88. The Morgan fingerprint density at radius 1 is 1.41 bits per heavy atom. The minimum atomic E-state index is 0.0953. The second-order valence-electron chi connectivity index (χ2n) is 6.12. The van der Waals surface area contributed by atoms with Crippen LogP contribution in [0.3, 0.4) is 0 Å². The van der Waals surface area contributed by atoms with Crippen LogP contribution >= 0.6 is 20.6 Å². The molecule has 1 aliphatic heterocycles. The molecule has 2 aromatic heterocycles. The molecule has 0 spiro atoms. The highest BCUT2D eigenvalue weighted by atomic mass is 32.1. The number of nitrogens with zero attached hydrogens (tertiary/aromatic N) is 3. The van der Waals surface area contributed by atoms with Crippen molar-refractivity contribution in [2.45, 2.75) is 31.3 Å². The summed E-state index contributed by atoms with van der Waals surface area (Å²) in [4.78, 5) is 23.4. The summed E-state index contributed by atoms with van der Waals surface area (Å²) in [5, 5.41) is 4.01. The van der Waals surface area contributed by atoms with Gasteiger partial charge in [0.2, 0.25) is 5.91 Å². The van der Waals surface area contributed by atoms with Crippen molar-refractivity contribution in [1.82, 2.24) is 9.97 Å². The molecule has 2 aromatic rings. The molecule has 2 aliphatic rings. The molecule has 4 rings (SSSR count). The van der Waals surface area contributed by atoms with Gasteiger partial charge in [-0.05, 0) is 37.4 Å². The number of hydrogen-bond donors (Lipinski definition) is 1. The molecule has 0 aromatic carbocycles. The van der Waals surface area contributed by atoms with Crippen molar-refractivity contribution in [3.8, 4) is 0 Å². The number of fused-ring (bicyclic) bond motifs is 1. The van der Waals surface area contributed by atoms with Crippen molar-refractivity contribution in [3.05, 3.63) is 12.3 Å². The second kappa shape index (κ2) is 5.74. The Morgan fingerprint density at radius 3 is 3.05 bits per heavy atom. The van der Waals surface area contributed by atoms with Crippen molar-refractivity contribution in [3.63, 3.8) is 0 Å². The summed E-state index contributed by atoms with van der Waals surface area (Å²) in [6.45, 7) is 2.09. The quantitative estimate of drug-likeness (QED) is 0.877. The van der Waals surface area contributed by atoms with Crippen LogP contribution in [0.1, 0.15) is 25.7 Å². The van der Waals surface area contributed by atoms with E-state index in [1.807, 2.05) is 6.07 Å². The molecule has 1 amide bonds. The van der Waals surface area contributed by atoms with Gasteiger partial charge in [0.15, 0.2) is 10.9 Å². The van der Waals surface area contributed by atoms with Gasteiger partial charge < -0.3 is 10.2 Å². The molecule has 5 nitrogen and oxygen atoms in total. The fraction of sp³-hybridized carbons (Fsp3) is 0.533. The third kappa shape index (κ3) is 2.82. The van der Waals surface area contributed by atoms with Gasteiger partial charge in [-0.15, -0.1) is 9.24 Å². The van der Waals surface area contributed by atoms with Crippen LogP contribution in [-0.4, -0.2) is 34.6 Å². The van der Waals surface area contributed by atoms with Crippen molar-refractivity contribution in [1.29, 1.82) is 0 Å². The summed E-state index contributed by atoms with van der Waals surface area (Å²) < 4.78 is 0.984. The van der Waals surface area contributed by atoms with Gasteiger partial charge in [-0.3, -0.25) is 4.79 Å². The van der Waals surface area contributed by atoms with Crippen LogP contribution in [-0.2, 0) is 4.79 Å². The molecule has 1 N–H and O–H groups in total. The van der Waals surface area contributed by atoms with E-state index in [1.54, 1.807) is 17.5 Å². The number of anilines is 2. The lowest BCUT2D eigenvalue weighted by Gasteiger charge is -2.30. The minimum Gasteiger partial charge on any atom is -0.347 e. The van der Waals surface area contributed by atoms with E-state index in [2.05, 4.69) is 24.4 Å². The fourth-order valence-corrected chi connectivity index (χ4v) is 4.35. The van der Waals surface area contributed by atoms with Gasteiger partial charge in [-0.25, -0.2) is 9.97 Å². The number of carbonyl (C=O) groups excluding carboxylic acids is 1. The summed E-state index contributed by atoms with van der Waals surface area (Å²) in [5.74, 6) is 0.944. The van der Waals surface area contributed by atoms with Gasteiger partial charge in [0.1, 0.15) is 0 Å². The molecule has 1 saturated heterocycles. The Hall–Kier alpha value is -1.26. The van der Waals surface area contributed by atoms with E-state index in [0.717, 1.165) is 41.3 Å². The normalized spacial score (nSPS) is 22.0. The number of thiazole rings is 1. The van der Waals surface area contributed by atoms with Gasteiger partial charge in [0.05, 0.1) is 10.2 Å². The standard InChI is InChI=1S/C15H19N4OPS/c20-14(9-3-4-9)18-13-12-11(5-6-16-13)17-15(22-12)19-7-1-2-10(21)8-19/h5-6,9-10H,1-4,7-8,21H2,(H,16,18,20)/t10-/m0/s1. The van der Waals surface area contributed by atoms with E-state index in [1.165, 1.54) is 12.8 Å². The zero-order chi connectivity index (χ0) is 15.1. The lowest BCUT2D eigenvalue weighted by molar-refractivity contribution is -0.117. The van der Waals surface area contributed by atoms with Gasteiger partial charge >= 0.3 is 0 Å². The number of pyridine rings is 1. The molecule has 2 atom stereocenters. The van der Waals surface area contributed by atoms with Crippen LogP contribution in [0, 0.1) is 5.92 Å². The molecular weight excluding hydrogens is 315 g/mol. The number of aromatic nitrogens is 2. The van der Waals surface area contributed by atoms with Gasteiger partial charge in [0, 0.05) is 25.2 Å². The van der Waals surface area contributed by atoms with Crippen molar-refractivity contribution in [2.24, 2.45) is 5.92 Å². The van der Waals surface area contributed by atoms with Gasteiger partial charge in [-0.2, -0.15) is 0 Å². The topological polar surface area (TPSA) is 58.1 Å². The first-order valence-corrected chi connectivity index (χ1v) is 9.26. The molecule has 1 unspecified atom stereocenters. The monoisotopic (exact) mass is 334 g/mol. The van der Waals surface area contributed by atoms with Gasteiger partial charge in [0.25, 0.3) is 0 Å². The second-order valence-corrected chi connectivity index (χ2v) is 8.04. The van der Waals surface area contributed by atoms with Crippen LogP contribution in [0.4, 0.5) is 10.9 Å². The average molecular weight is 334 g/mol. The maximum atomic E-state index is 12.0. The minimum absolute atomic E-state index is 0.0953. The van der Waals surface area contributed by atoms with Crippen LogP contribution < -0.4 is 10.2 Å². The first-order valence-electron chi connectivity index (χ1n) is 7.77. The molecule has 3 heterocycles. The Labute approximate surface area is 135 Å².